The summed E-state index contributed by atoms with van der Waals surface area (Å²) < 4.78 is 0. The Hall–Kier alpha value is -1.73. The Balaban J connectivity index is 2.37. The van der Waals surface area contributed by atoms with Gasteiger partial charge in [-0.15, -0.1) is 11.3 Å². The van der Waals surface area contributed by atoms with Gasteiger partial charge in [0.25, 0.3) is 5.91 Å². The number of nitrogens with two attached hydrogens (primary N) is 1. The Labute approximate surface area is 95.1 Å². The molecule has 2 aromatic rings. The molecular weight excluding hydrogens is 228 g/mol. The maximum absolute atomic E-state index is 11.6. The number of aliphatic hydroxyl groups is 1. The fraction of sp³-hybridized carbons (Fsp3) is 0.222. The van der Waals surface area contributed by atoms with Crippen LogP contribution >= 0.6 is 11.3 Å². The van der Waals surface area contributed by atoms with E-state index in [1.807, 2.05) is 0 Å². The minimum absolute atomic E-state index is 0.104. The molecule has 0 fully saturated rings. The lowest BCUT2D eigenvalue weighted by Gasteiger charge is -2.00. The highest BCUT2D eigenvalue weighted by atomic mass is 32.1. The number of carbonyl (C=O) groups is 1. The molecule has 4 N–H and O–H groups in total. The van der Waals surface area contributed by atoms with Crippen molar-refractivity contribution in [1.82, 2.24) is 15.3 Å². The van der Waals surface area contributed by atoms with E-state index in [0.29, 0.717) is 20.9 Å². The number of fused-ring (bicyclic) bond motifs is 1. The van der Waals surface area contributed by atoms with E-state index in [0.717, 1.165) is 0 Å². The summed E-state index contributed by atoms with van der Waals surface area (Å²) in [7, 11) is 0. The summed E-state index contributed by atoms with van der Waals surface area (Å²) >= 11 is 1.19. The summed E-state index contributed by atoms with van der Waals surface area (Å²) in [6.45, 7) is 0.0976. The number of hydrogen-bond donors (Lipinski definition) is 3. The van der Waals surface area contributed by atoms with Crippen LogP contribution < -0.4 is 11.1 Å². The maximum atomic E-state index is 11.6. The second-order valence-electron chi connectivity index (χ2n) is 3.03. The number of nitrogens with zero attached hydrogens (tertiary/aromatic N) is 2. The zero-order chi connectivity index (χ0) is 11.5. The molecule has 0 aliphatic rings. The number of anilines is 1. The van der Waals surface area contributed by atoms with Crippen LogP contribution in [0.3, 0.4) is 0 Å². The first-order valence-electron chi connectivity index (χ1n) is 4.62. The average molecular weight is 238 g/mol. The molecule has 0 radical (unpaired) electrons. The van der Waals surface area contributed by atoms with E-state index in [1.54, 1.807) is 6.20 Å². The Morgan fingerprint density at radius 2 is 2.25 bits per heavy atom. The predicted molar refractivity (Wildman–Crippen MR) is 61.2 cm³/mol. The summed E-state index contributed by atoms with van der Waals surface area (Å²) in [5.41, 5.74) is 6.68. The van der Waals surface area contributed by atoms with Crippen LogP contribution in [0.4, 0.5) is 5.69 Å². The van der Waals surface area contributed by atoms with Gasteiger partial charge in [0.05, 0.1) is 12.3 Å². The Morgan fingerprint density at radius 3 is 2.94 bits per heavy atom. The van der Waals surface area contributed by atoms with Gasteiger partial charge in [-0.1, -0.05) is 0 Å². The van der Waals surface area contributed by atoms with Crippen molar-refractivity contribution < 1.29 is 9.90 Å². The van der Waals surface area contributed by atoms with E-state index in [-0.39, 0.29) is 19.1 Å². The monoisotopic (exact) mass is 238 g/mol. The summed E-state index contributed by atoms with van der Waals surface area (Å²) in [5.74, 6) is -0.309. The van der Waals surface area contributed by atoms with Crippen molar-refractivity contribution >= 4 is 33.3 Å². The lowest BCUT2D eigenvalue weighted by molar-refractivity contribution is 0.0949. The summed E-state index contributed by atoms with van der Waals surface area (Å²) in [5, 5.41) is 11.1. The second-order valence-corrected chi connectivity index (χ2v) is 4.03. The standard InChI is InChI=1S/C9H10N4O2S/c10-5-6-9(13-2-1-11-6)16-7(5)8(15)12-3-4-14/h1-2,14H,3-4,10H2,(H,12,15). The van der Waals surface area contributed by atoms with Crippen LogP contribution in [0, 0.1) is 0 Å². The van der Waals surface area contributed by atoms with Crippen molar-refractivity contribution in [1.29, 1.82) is 0 Å². The van der Waals surface area contributed by atoms with Gasteiger partial charge in [0.15, 0.2) is 0 Å². The van der Waals surface area contributed by atoms with Crippen molar-refractivity contribution in [2.75, 3.05) is 18.9 Å². The van der Waals surface area contributed by atoms with Crippen molar-refractivity contribution in [3.8, 4) is 0 Å². The molecule has 2 aromatic heterocycles. The number of amides is 1. The highest BCUT2D eigenvalue weighted by Crippen LogP contribution is 2.29. The Morgan fingerprint density at radius 1 is 1.50 bits per heavy atom. The molecule has 0 bridgehead atoms. The van der Waals surface area contributed by atoms with Crippen molar-refractivity contribution in [3.63, 3.8) is 0 Å². The molecule has 0 spiro atoms. The summed E-state index contributed by atoms with van der Waals surface area (Å²) in [6.07, 6.45) is 3.08. The van der Waals surface area contributed by atoms with E-state index >= 15 is 0 Å². The minimum Gasteiger partial charge on any atom is -0.396 e. The molecule has 84 valence electrons. The highest BCUT2D eigenvalue weighted by molar-refractivity contribution is 7.21. The molecule has 1 amide bonds. The first-order valence-corrected chi connectivity index (χ1v) is 5.43. The number of aromatic nitrogens is 2. The molecule has 2 heterocycles. The molecular formula is C9H10N4O2S. The number of nitrogens with one attached hydrogen (secondary N) is 1. The summed E-state index contributed by atoms with van der Waals surface area (Å²) in [4.78, 5) is 20.8. The Kier molecular flexibility index (Phi) is 2.97. The van der Waals surface area contributed by atoms with Gasteiger partial charge in [-0.05, 0) is 0 Å². The van der Waals surface area contributed by atoms with Crippen LogP contribution in [0.1, 0.15) is 9.67 Å². The molecule has 7 heteroatoms. The number of carbonyl (C=O) groups excluding carboxylic acids is 1. The Bertz CT molecular complexity index is 525. The number of aliphatic hydroxyl groups excluding tert-OH is 1. The van der Waals surface area contributed by atoms with Crippen LogP contribution in [0.2, 0.25) is 0 Å². The van der Waals surface area contributed by atoms with Crippen LogP contribution in [0.5, 0.6) is 0 Å². The van der Waals surface area contributed by atoms with Gasteiger partial charge in [-0.25, -0.2) is 9.97 Å². The molecule has 6 nitrogen and oxygen atoms in total. The first-order chi connectivity index (χ1) is 7.74. The van der Waals surface area contributed by atoms with Gasteiger partial charge in [-0.2, -0.15) is 0 Å². The van der Waals surface area contributed by atoms with E-state index in [4.69, 9.17) is 10.8 Å². The van der Waals surface area contributed by atoms with Crippen LogP contribution in [-0.4, -0.2) is 34.1 Å². The van der Waals surface area contributed by atoms with E-state index in [2.05, 4.69) is 15.3 Å². The van der Waals surface area contributed by atoms with Gasteiger partial charge in [-0.3, -0.25) is 4.79 Å². The number of nitrogen functional groups attached to an aromatic ring is 1. The molecule has 0 saturated carbocycles. The zero-order valence-corrected chi connectivity index (χ0v) is 9.12. The van der Waals surface area contributed by atoms with Gasteiger partial charge < -0.3 is 16.2 Å². The van der Waals surface area contributed by atoms with E-state index in [9.17, 15) is 4.79 Å². The fourth-order valence-electron chi connectivity index (χ4n) is 1.26. The smallest absolute Gasteiger partial charge is 0.263 e. The third kappa shape index (κ3) is 1.82. The lowest BCUT2D eigenvalue weighted by Crippen LogP contribution is -2.26. The number of hydrogen-bond acceptors (Lipinski definition) is 6. The normalized spacial score (nSPS) is 10.6. The van der Waals surface area contributed by atoms with Crippen molar-refractivity contribution in [2.45, 2.75) is 0 Å². The average Bonchev–Trinajstić information content (AvgIpc) is 2.64. The van der Waals surface area contributed by atoms with E-state index < -0.39 is 0 Å². The molecule has 0 aliphatic carbocycles. The first kappa shape index (κ1) is 10.8. The van der Waals surface area contributed by atoms with Crippen molar-refractivity contribution in [2.24, 2.45) is 0 Å². The number of thiophene rings is 1. The number of rotatable bonds is 3. The van der Waals surface area contributed by atoms with Crippen molar-refractivity contribution in [3.05, 3.63) is 17.3 Å². The van der Waals surface area contributed by atoms with Crippen LogP contribution in [0.15, 0.2) is 12.4 Å². The van der Waals surface area contributed by atoms with Crippen LogP contribution in [-0.2, 0) is 0 Å². The highest BCUT2D eigenvalue weighted by Gasteiger charge is 2.17. The van der Waals surface area contributed by atoms with Gasteiger partial charge in [0.2, 0.25) is 0 Å². The largest absolute Gasteiger partial charge is 0.396 e. The topological polar surface area (TPSA) is 101 Å². The molecule has 16 heavy (non-hydrogen) atoms. The van der Waals surface area contributed by atoms with Crippen LogP contribution in [0.25, 0.3) is 10.3 Å². The van der Waals surface area contributed by atoms with Gasteiger partial charge >= 0.3 is 0 Å². The molecule has 2 rings (SSSR count). The quantitative estimate of drug-likeness (QED) is 0.698. The van der Waals surface area contributed by atoms with E-state index in [1.165, 1.54) is 17.5 Å². The summed E-state index contributed by atoms with van der Waals surface area (Å²) in [6, 6.07) is 0. The van der Waals surface area contributed by atoms with Gasteiger partial charge in [0.1, 0.15) is 15.2 Å². The van der Waals surface area contributed by atoms with Gasteiger partial charge in [0, 0.05) is 18.9 Å². The lowest BCUT2D eigenvalue weighted by atomic mass is 10.3. The third-order valence-corrected chi connectivity index (χ3v) is 3.07. The minimum atomic E-state index is -0.309. The third-order valence-electron chi connectivity index (χ3n) is 1.97. The molecule has 0 unspecified atom stereocenters. The predicted octanol–water partition coefficient (Wildman–Crippen LogP) is -0.00440. The molecule has 0 aliphatic heterocycles. The zero-order valence-electron chi connectivity index (χ0n) is 8.30. The SMILES string of the molecule is Nc1c(C(=O)NCCO)sc2nccnc12. The maximum Gasteiger partial charge on any atom is 0.263 e. The molecule has 0 saturated heterocycles. The fourth-order valence-corrected chi connectivity index (χ4v) is 2.20. The second kappa shape index (κ2) is 4.42. The molecule has 0 atom stereocenters. The molecule has 0 aromatic carbocycles.